The predicted molar refractivity (Wildman–Crippen MR) is 40.6 cm³/mol. The molecule has 1 N–H and O–H groups in total. The van der Waals surface area contributed by atoms with Crippen LogP contribution in [0.4, 0.5) is 0 Å². The van der Waals surface area contributed by atoms with Crippen molar-refractivity contribution in [2.45, 2.75) is 13.3 Å². The van der Waals surface area contributed by atoms with Crippen LogP contribution in [-0.4, -0.2) is 31.3 Å². The van der Waals surface area contributed by atoms with Crippen LogP contribution in [0.15, 0.2) is 4.99 Å². The summed E-state index contributed by atoms with van der Waals surface area (Å²) in [5.74, 6) is 0.00750. The number of hydrogen-bond acceptors (Lipinski definition) is 3. The van der Waals surface area contributed by atoms with Crippen LogP contribution in [0, 0.1) is 0 Å². The highest BCUT2D eigenvalue weighted by molar-refractivity contribution is 5.86. The Hall–Kier alpha value is -0.900. The molecule has 0 heterocycles. The number of aliphatic imine (C=N–C) groups is 1. The first-order valence-electron chi connectivity index (χ1n) is 3.18. The normalized spacial score (nSPS) is 10.3. The fourth-order valence-electron chi connectivity index (χ4n) is 0.533. The first kappa shape index (κ1) is 9.10. The minimum atomic E-state index is 0.00750. The van der Waals surface area contributed by atoms with Gasteiger partial charge < -0.3 is 0 Å². The summed E-state index contributed by atoms with van der Waals surface area (Å²) in [7, 11) is 3.29. The summed E-state index contributed by atoms with van der Waals surface area (Å²) in [6, 6.07) is 0. The first-order valence-corrected chi connectivity index (χ1v) is 3.18. The highest BCUT2D eigenvalue weighted by atomic mass is 16.2. The molecule has 4 nitrogen and oxygen atoms in total. The van der Waals surface area contributed by atoms with Crippen LogP contribution < -0.4 is 5.43 Å². The molecule has 4 heteroatoms. The molecule has 0 aromatic heterocycles. The van der Waals surface area contributed by atoms with Crippen LogP contribution in [0.5, 0.6) is 0 Å². The van der Waals surface area contributed by atoms with E-state index in [2.05, 4.69) is 10.4 Å². The van der Waals surface area contributed by atoms with E-state index in [1.807, 2.05) is 0 Å². The van der Waals surface area contributed by atoms with E-state index in [9.17, 15) is 4.79 Å². The summed E-state index contributed by atoms with van der Waals surface area (Å²) < 4.78 is 0. The molecule has 0 aliphatic carbocycles. The number of carbonyl (C=O) groups is 1. The summed E-state index contributed by atoms with van der Waals surface area (Å²) in [4.78, 5) is 14.6. The minimum Gasteiger partial charge on any atom is -0.277 e. The van der Waals surface area contributed by atoms with Gasteiger partial charge >= 0.3 is 0 Å². The van der Waals surface area contributed by atoms with Crippen LogP contribution in [0.2, 0.25) is 0 Å². The largest absolute Gasteiger partial charge is 0.277 e. The molecule has 0 bridgehead atoms. The summed E-state index contributed by atoms with van der Waals surface area (Å²) in [5, 5.41) is 1.35. The van der Waals surface area contributed by atoms with Gasteiger partial charge in [0.05, 0.1) is 0 Å². The first-order chi connectivity index (χ1) is 4.76. The number of nitrogens with one attached hydrogen (secondary N) is 1. The minimum absolute atomic E-state index is 0.00750. The molecule has 0 aliphatic rings. The second kappa shape index (κ2) is 4.93. The van der Waals surface area contributed by atoms with E-state index in [1.165, 1.54) is 11.3 Å². The van der Waals surface area contributed by atoms with Crippen molar-refractivity contribution in [1.82, 2.24) is 10.4 Å². The number of nitrogens with zero attached hydrogens (tertiary/aromatic N) is 2. The number of hydrazine groups is 1. The second-order valence-electron chi connectivity index (χ2n) is 1.71. The molecule has 0 radical (unpaired) electrons. The number of rotatable bonds is 3. The summed E-state index contributed by atoms with van der Waals surface area (Å²) >= 11 is 0. The van der Waals surface area contributed by atoms with Crippen LogP contribution in [0.1, 0.15) is 13.3 Å². The smallest absolute Gasteiger partial charge is 0.241 e. The van der Waals surface area contributed by atoms with E-state index < -0.39 is 0 Å². The van der Waals surface area contributed by atoms with Gasteiger partial charge in [-0.15, -0.1) is 0 Å². The van der Waals surface area contributed by atoms with Gasteiger partial charge in [0.2, 0.25) is 5.91 Å². The number of amides is 1. The molecule has 0 aliphatic heterocycles. The molecule has 0 aromatic carbocycles. The van der Waals surface area contributed by atoms with Gasteiger partial charge in [-0.1, -0.05) is 6.92 Å². The molecule has 0 aromatic rings. The van der Waals surface area contributed by atoms with Crippen LogP contribution in [0.3, 0.4) is 0 Å². The Bertz CT molecular complexity index is 133. The van der Waals surface area contributed by atoms with Crippen molar-refractivity contribution >= 4 is 12.2 Å². The predicted octanol–water partition coefficient (Wildman–Crippen LogP) is 0.0175. The van der Waals surface area contributed by atoms with Crippen LogP contribution >= 0.6 is 0 Å². The second-order valence-corrected chi connectivity index (χ2v) is 1.71. The Labute approximate surface area is 60.9 Å². The molecule has 0 unspecified atom stereocenters. The van der Waals surface area contributed by atoms with E-state index in [4.69, 9.17) is 0 Å². The van der Waals surface area contributed by atoms with E-state index >= 15 is 0 Å². The van der Waals surface area contributed by atoms with Crippen molar-refractivity contribution < 1.29 is 4.79 Å². The molecule has 0 saturated heterocycles. The Morgan fingerprint density at radius 1 is 1.80 bits per heavy atom. The van der Waals surface area contributed by atoms with Crippen molar-refractivity contribution in [3.8, 4) is 0 Å². The standard InChI is InChI=1S/C6H13N3O/c1-4-6(10)9(8-3)5-7-2/h5,8H,4H2,1-3H3/b7-5-. The van der Waals surface area contributed by atoms with Crippen molar-refractivity contribution in [3.63, 3.8) is 0 Å². The zero-order chi connectivity index (χ0) is 7.98. The zero-order valence-electron chi connectivity index (χ0n) is 6.59. The van der Waals surface area contributed by atoms with Gasteiger partial charge in [0.25, 0.3) is 0 Å². The maximum atomic E-state index is 10.9. The maximum absolute atomic E-state index is 10.9. The molecule has 0 rings (SSSR count). The van der Waals surface area contributed by atoms with E-state index in [0.717, 1.165) is 0 Å². The molecule has 0 saturated carbocycles. The van der Waals surface area contributed by atoms with Crippen molar-refractivity contribution in [2.75, 3.05) is 14.1 Å². The Kier molecular flexibility index (Phi) is 4.49. The zero-order valence-corrected chi connectivity index (χ0v) is 6.59. The summed E-state index contributed by atoms with van der Waals surface area (Å²) in [6.07, 6.45) is 1.93. The maximum Gasteiger partial charge on any atom is 0.241 e. The van der Waals surface area contributed by atoms with E-state index in [1.54, 1.807) is 21.0 Å². The van der Waals surface area contributed by atoms with E-state index in [0.29, 0.717) is 6.42 Å². The van der Waals surface area contributed by atoms with Crippen molar-refractivity contribution in [2.24, 2.45) is 4.99 Å². The Morgan fingerprint density at radius 2 is 2.40 bits per heavy atom. The molecule has 0 fully saturated rings. The van der Waals surface area contributed by atoms with Gasteiger partial charge in [-0.2, -0.15) is 0 Å². The summed E-state index contributed by atoms with van der Waals surface area (Å²) in [5.41, 5.74) is 2.69. The highest BCUT2D eigenvalue weighted by Crippen LogP contribution is 1.83. The number of hydrogen-bond donors (Lipinski definition) is 1. The van der Waals surface area contributed by atoms with E-state index in [-0.39, 0.29) is 5.91 Å². The molecular formula is C6H13N3O. The fourth-order valence-corrected chi connectivity index (χ4v) is 0.533. The lowest BCUT2D eigenvalue weighted by molar-refractivity contribution is -0.128. The monoisotopic (exact) mass is 143 g/mol. The lowest BCUT2D eigenvalue weighted by Gasteiger charge is -2.13. The van der Waals surface area contributed by atoms with Gasteiger partial charge in [-0.05, 0) is 0 Å². The molecule has 1 amide bonds. The van der Waals surface area contributed by atoms with Gasteiger partial charge in [0.15, 0.2) is 0 Å². The average molecular weight is 143 g/mol. The SMILES string of the molecule is CCC(=O)N(/C=N\C)NC. The third kappa shape index (κ3) is 2.59. The van der Waals surface area contributed by atoms with Gasteiger partial charge in [-0.3, -0.25) is 9.79 Å². The lowest BCUT2D eigenvalue weighted by Crippen LogP contribution is -2.38. The average Bonchev–Trinajstić information content (AvgIpc) is 1.99. The number of carbonyl (C=O) groups excluding carboxylic acids is 1. The molecular weight excluding hydrogens is 130 g/mol. The molecule has 58 valence electrons. The van der Waals surface area contributed by atoms with Crippen molar-refractivity contribution in [1.29, 1.82) is 0 Å². The Morgan fingerprint density at radius 3 is 2.70 bits per heavy atom. The third-order valence-electron chi connectivity index (χ3n) is 1.04. The third-order valence-corrected chi connectivity index (χ3v) is 1.04. The summed E-state index contributed by atoms with van der Waals surface area (Å²) in [6.45, 7) is 1.80. The van der Waals surface area contributed by atoms with Crippen molar-refractivity contribution in [3.05, 3.63) is 0 Å². The highest BCUT2D eigenvalue weighted by Gasteiger charge is 2.03. The van der Waals surface area contributed by atoms with Gasteiger partial charge in [-0.25, -0.2) is 10.4 Å². The fraction of sp³-hybridized carbons (Fsp3) is 0.667. The molecule has 0 atom stereocenters. The molecule has 10 heavy (non-hydrogen) atoms. The molecule has 0 spiro atoms. The topological polar surface area (TPSA) is 44.7 Å². The van der Waals surface area contributed by atoms with Gasteiger partial charge in [0, 0.05) is 20.5 Å². The Balaban J connectivity index is 3.93. The van der Waals surface area contributed by atoms with Gasteiger partial charge in [0.1, 0.15) is 6.34 Å². The lowest BCUT2D eigenvalue weighted by atomic mass is 10.4. The van der Waals surface area contributed by atoms with Crippen LogP contribution in [0.25, 0.3) is 0 Å². The van der Waals surface area contributed by atoms with Crippen LogP contribution in [-0.2, 0) is 4.79 Å². The quantitative estimate of drug-likeness (QED) is 0.344.